The Bertz CT molecular complexity index is 708. The molecule has 1 atom stereocenters. The number of hydrogen-bond donors (Lipinski definition) is 1. The molecular weight excluding hydrogens is 309 g/mol. The lowest BCUT2D eigenvalue weighted by Crippen LogP contribution is -2.28. The zero-order chi connectivity index (χ0) is 17.2. The van der Waals surface area contributed by atoms with Crippen molar-refractivity contribution in [2.45, 2.75) is 39.4 Å². The third kappa shape index (κ3) is 3.72. The lowest BCUT2D eigenvalue weighted by molar-refractivity contribution is -0.137. The Kier molecular flexibility index (Phi) is 4.77. The molecule has 0 unspecified atom stereocenters. The molecule has 2 aromatic rings. The zero-order valence-corrected chi connectivity index (χ0v) is 13.0. The largest absolute Gasteiger partial charge is 0.416 e. The highest BCUT2D eigenvalue weighted by atomic mass is 19.4. The van der Waals surface area contributed by atoms with E-state index in [1.807, 2.05) is 6.92 Å². The number of nitrogens with zero attached hydrogens (tertiary/aromatic N) is 1. The van der Waals surface area contributed by atoms with Crippen molar-refractivity contribution >= 4 is 5.91 Å². The normalized spacial score (nSPS) is 13.0. The molecule has 0 aliphatic rings. The molecule has 0 saturated carbocycles. The molecule has 1 heterocycles. The van der Waals surface area contributed by atoms with Gasteiger partial charge >= 0.3 is 6.18 Å². The van der Waals surface area contributed by atoms with Gasteiger partial charge in [-0.2, -0.15) is 13.2 Å². The number of hydrogen-bond acceptors (Lipinski definition) is 3. The predicted octanol–water partition coefficient (Wildman–Crippen LogP) is 4.06. The molecule has 0 bridgehead atoms. The van der Waals surface area contributed by atoms with Gasteiger partial charge in [-0.05, 0) is 38.0 Å². The lowest BCUT2D eigenvalue weighted by atomic mass is 10.0. The fraction of sp³-hybridized carbons (Fsp3) is 0.375. The molecule has 0 aliphatic carbocycles. The van der Waals surface area contributed by atoms with Gasteiger partial charge in [0.25, 0.3) is 5.91 Å². The Morgan fingerprint density at radius 3 is 2.70 bits per heavy atom. The molecule has 1 aromatic carbocycles. The van der Waals surface area contributed by atoms with Crippen LogP contribution in [-0.4, -0.2) is 11.1 Å². The van der Waals surface area contributed by atoms with Crippen molar-refractivity contribution in [3.8, 4) is 0 Å². The average molecular weight is 326 g/mol. The van der Waals surface area contributed by atoms with E-state index in [1.54, 1.807) is 19.9 Å². The molecule has 0 saturated heterocycles. The standard InChI is InChI=1S/C16H17F3N2O2/c1-4-13-14(10(3)23-21-13)15(22)20-9(2)11-6-5-7-12(8-11)16(17,18)19/h5-9H,4H2,1-3H3,(H,20,22)/t9-/m0/s1. The second-order valence-electron chi connectivity index (χ2n) is 5.23. The van der Waals surface area contributed by atoms with E-state index in [4.69, 9.17) is 4.52 Å². The van der Waals surface area contributed by atoms with Gasteiger partial charge in [-0.15, -0.1) is 0 Å². The first-order valence-electron chi connectivity index (χ1n) is 7.17. The Morgan fingerprint density at radius 2 is 2.09 bits per heavy atom. The molecule has 1 aromatic heterocycles. The fourth-order valence-corrected chi connectivity index (χ4v) is 2.29. The van der Waals surface area contributed by atoms with Crippen molar-refractivity contribution in [3.63, 3.8) is 0 Å². The summed E-state index contributed by atoms with van der Waals surface area (Å²) in [6.45, 7) is 5.09. The van der Waals surface area contributed by atoms with Crippen molar-refractivity contribution in [3.05, 3.63) is 52.4 Å². The van der Waals surface area contributed by atoms with Gasteiger partial charge in [0.1, 0.15) is 11.3 Å². The number of carbonyl (C=O) groups is 1. The highest BCUT2D eigenvalue weighted by Gasteiger charge is 2.31. The topological polar surface area (TPSA) is 55.1 Å². The maximum Gasteiger partial charge on any atom is 0.416 e. The second-order valence-corrected chi connectivity index (χ2v) is 5.23. The number of amides is 1. The first-order chi connectivity index (χ1) is 10.7. The molecule has 0 spiro atoms. The molecule has 2 rings (SSSR count). The van der Waals surface area contributed by atoms with Crippen LogP contribution in [0.4, 0.5) is 13.2 Å². The highest BCUT2D eigenvalue weighted by Crippen LogP contribution is 2.30. The summed E-state index contributed by atoms with van der Waals surface area (Å²) in [7, 11) is 0. The van der Waals surface area contributed by atoms with Crippen LogP contribution in [0, 0.1) is 6.92 Å². The number of nitrogens with one attached hydrogen (secondary N) is 1. The predicted molar refractivity (Wildman–Crippen MR) is 77.9 cm³/mol. The van der Waals surface area contributed by atoms with Gasteiger partial charge in [-0.3, -0.25) is 4.79 Å². The quantitative estimate of drug-likeness (QED) is 0.922. The summed E-state index contributed by atoms with van der Waals surface area (Å²) >= 11 is 0. The monoisotopic (exact) mass is 326 g/mol. The summed E-state index contributed by atoms with van der Waals surface area (Å²) in [6, 6.07) is 4.32. The summed E-state index contributed by atoms with van der Waals surface area (Å²) in [6.07, 6.45) is -3.89. The van der Waals surface area contributed by atoms with Crippen LogP contribution in [0.3, 0.4) is 0 Å². The van der Waals surface area contributed by atoms with E-state index in [0.717, 1.165) is 12.1 Å². The van der Waals surface area contributed by atoms with Gasteiger partial charge < -0.3 is 9.84 Å². The van der Waals surface area contributed by atoms with Gasteiger partial charge in [0.15, 0.2) is 0 Å². The third-order valence-corrected chi connectivity index (χ3v) is 3.56. The van der Waals surface area contributed by atoms with Crippen molar-refractivity contribution in [1.82, 2.24) is 10.5 Å². The van der Waals surface area contributed by atoms with Crippen LogP contribution in [0.2, 0.25) is 0 Å². The fourth-order valence-electron chi connectivity index (χ4n) is 2.29. The van der Waals surface area contributed by atoms with Crippen LogP contribution in [0.1, 0.15) is 52.8 Å². The molecule has 23 heavy (non-hydrogen) atoms. The third-order valence-electron chi connectivity index (χ3n) is 3.56. The number of halogens is 3. The van der Waals surface area contributed by atoms with Crippen LogP contribution in [0.15, 0.2) is 28.8 Å². The number of benzene rings is 1. The molecule has 1 amide bonds. The van der Waals surface area contributed by atoms with Gasteiger partial charge in [-0.25, -0.2) is 0 Å². The maximum absolute atomic E-state index is 12.8. The van der Waals surface area contributed by atoms with E-state index >= 15 is 0 Å². The summed E-state index contributed by atoms with van der Waals surface area (Å²) in [5.74, 6) is -0.0268. The van der Waals surface area contributed by atoms with Gasteiger partial charge in [0, 0.05) is 0 Å². The van der Waals surface area contributed by atoms with Crippen molar-refractivity contribution < 1.29 is 22.5 Å². The van der Waals surface area contributed by atoms with Crippen LogP contribution >= 0.6 is 0 Å². The second kappa shape index (κ2) is 6.44. The number of aryl methyl sites for hydroxylation is 2. The van der Waals surface area contributed by atoms with E-state index in [0.29, 0.717) is 29.0 Å². The van der Waals surface area contributed by atoms with E-state index in [2.05, 4.69) is 10.5 Å². The molecule has 0 fully saturated rings. The molecule has 7 heteroatoms. The van der Waals surface area contributed by atoms with Crippen LogP contribution in [0.25, 0.3) is 0 Å². The molecule has 1 N–H and O–H groups in total. The first kappa shape index (κ1) is 17.1. The summed E-state index contributed by atoms with van der Waals surface area (Å²) in [5.41, 5.74) is 0.495. The van der Waals surface area contributed by atoms with E-state index in [9.17, 15) is 18.0 Å². The van der Waals surface area contributed by atoms with Crippen molar-refractivity contribution in [2.24, 2.45) is 0 Å². The Balaban J connectivity index is 2.20. The van der Waals surface area contributed by atoms with E-state index < -0.39 is 23.7 Å². The number of rotatable bonds is 4. The molecule has 4 nitrogen and oxygen atoms in total. The summed E-state index contributed by atoms with van der Waals surface area (Å²) in [5, 5.41) is 6.48. The highest BCUT2D eigenvalue weighted by molar-refractivity contribution is 5.96. The number of aromatic nitrogens is 1. The van der Waals surface area contributed by atoms with Crippen molar-refractivity contribution in [1.29, 1.82) is 0 Å². The average Bonchev–Trinajstić information content (AvgIpc) is 2.87. The van der Waals surface area contributed by atoms with Crippen molar-refractivity contribution in [2.75, 3.05) is 0 Å². The minimum absolute atomic E-state index is 0.339. The zero-order valence-electron chi connectivity index (χ0n) is 13.0. The molecule has 0 radical (unpaired) electrons. The van der Waals surface area contributed by atoms with Crippen LogP contribution in [-0.2, 0) is 12.6 Å². The SMILES string of the molecule is CCc1noc(C)c1C(=O)N[C@@H](C)c1cccc(C(F)(F)F)c1. The number of carbonyl (C=O) groups excluding carboxylic acids is 1. The minimum Gasteiger partial charge on any atom is -0.361 e. The van der Waals surface area contributed by atoms with Crippen LogP contribution < -0.4 is 5.32 Å². The van der Waals surface area contributed by atoms with Gasteiger partial charge in [0.05, 0.1) is 17.3 Å². The van der Waals surface area contributed by atoms with Gasteiger partial charge in [-0.1, -0.05) is 24.2 Å². The first-order valence-corrected chi connectivity index (χ1v) is 7.17. The Morgan fingerprint density at radius 1 is 1.39 bits per heavy atom. The Labute approximate surface area is 131 Å². The molecular formula is C16H17F3N2O2. The maximum atomic E-state index is 12.8. The summed E-state index contributed by atoms with van der Waals surface area (Å²) < 4.78 is 43.3. The van der Waals surface area contributed by atoms with E-state index in [-0.39, 0.29) is 0 Å². The lowest BCUT2D eigenvalue weighted by Gasteiger charge is -2.16. The smallest absolute Gasteiger partial charge is 0.361 e. The van der Waals surface area contributed by atoms with Crippen LogP contribution in [0.5, 0.6) is 0 Å². The van der Waals surface area contributed by atoms with E-state index in [1.165, 1.54) is 6.07 Å². The molecule has 124 valence electrons. The molecule has 0 aliphatic heterocycles. The Hall–Kier alpha value is -2.31. The summed E-state index contributed by atoms with van der Waals surface area (Å²) in [4.78, 5) is 12.3. The minimum atomic E-state index is -4.42. The number of alkyl halides is 3. The van der Waals surface area contributed by atoms with Gasteiger partial charge in [0.2, 0.25) is 0 Å².